The van der Waals surface area contributed by atoms with Crippen LogP contribution in [0.3, 0.4) is 0 Å². The number of amides is 1. The summed E-state index contributed by atoms with van der Waals surface area (Å²) in [6.07, 6.45) is 3.36. The number of hydrogen-bond donors (Lipinski definition) is 2. The summed E-state index contributed by atoms with van der Waals surface area (Å²) in [6, 6.07) is 19.1. The molecule has 0 aliphatic rings. The van der Waals surface area contributed by atoms with Crippen molar-refractivity contribution >= 4 is 23.0 Å². The number of anilines is 3. The molecule has 4 nitrogen and oxygen atoms in total. The Hall–Kier alpha value is -3.14. The minimum atomic E-state index is -0.167. The number of benzene rings is 2. The lowest BCUT2D eigenvalue weighted by molar-refractivity contribution is 0.102. The number of rotatable bonds is 4. The fraction of sp³-hybridized carbons (Fsp3) is 0.0526. The van der Waals surface area contributed by atoms with E-state index in [9.17, 15) is 4.79 Å². The number of carbonyl (C=O) groups excluding carboxylic acids is 1. The summed E-state index contributed by atoms with van der Waals surface area (Å²) in [5.41, 5.74) is 3.97. The Balaban J connectivity index is 1.85. The molecule has 3 aromatic rings. The van der Waals surface area contributed by atoms with E-state index >= 15 is 0 Å². The van der Waals surface area contributed by atoms with Crippen molar-refractivity contribution in [2.24, 2.45) is 0 Å². The van der Waals surface area contributed by atoms with Crippen LogP contribution in [0.15, 0.2) is 73.1 Å². The fourth-order valence-electron chi connectivity index (χ4n) is 2.25. The SMILES string of the molecule is Cc1ccncc1NC(=O)c1ccccc1Nc1ccccc1. The van der Waals surface area contributed by atoms with Crippen molar-refractivity contribution in [1.82, 2.24) is 4.98 Å². The van der Waals surface area contributed by atoms with Crippen LogP contribution in [0.4, 0.5) is 17.1 Å². The second-order valence-electron chi connectivity index (χ2n) is 5.18. The van der Waals surface area contributed by atoms with Crippen LogP contribution >= 0.6 is 0 Å². The van der Waals surface area contributed by atoms with Gasteiger partial charge in [-0.25, -0.2) is 0 Å². The lowest BCUT2D eigenvalue weighted by Gasteiger charge is -2.13. The first-order valence-corrected chi connectivity index (χ1v) is 7.37. The van der Waals surface area contributed by atoms with Crippen LogP contribution in [-0.2, 0) is 0 Å². The Labute approximate surface area is 135 Å². The molecule has 0 saturated heterocycles. The van der Waals surface area contributed by atoms with Crippen molar-refractivity contribution in [3.8, 4) is 0 Å². The second kappa shape index (κ2) is 6.75. The molecule has 0 bridgehead atoms. The molecule has 0 fully saturated rings. The molecule has 0 aliphatic heterocycles. The Morgan fingerprint density at radius 2 is 1.65 bits per heavy atom. The van der Waals surface area contributed by atoms with Crippen molar-refractivity contribution in [3.05, 3.63) is 84.2 Å². The number of hydrogen-bond acceptors (Lipinski definition) is 3. The predicted molar refractivity (Wildman–Crippen MR) is 93.1 cm³/mol. The van der Waals surface area contributed by atoms with Crippen LogP contribution in [0, 0.1) is 6.92 Å². The van der Waals surface area contributed by atoms with E-state index in [0.29, 0.717) is 11.3 Å². The molecule has 2 aromatic carbocycles. The van der Waals surface area contributed by atoms with E-state index < -0.39 is 0 Å². The molecule has 0 atom stereocenters. The van der Waals surface area contributed by atoms with Gasteiger partial charge in [0, 0.05) is 11.9 Å². The molecule has 1 heterocycles. The van der Waals surface area contributed by atoms with Crippen LogP contribution in [-0.4, -0.2) is 10.9 Å². The first kappa shape index (κ1) is 14.8. The highest BCUT2D eigenvalue weighted by molar-refractivity contribution is 6.08. The Bertz CT molecular complexity index is 816. The summed E-state index contributed by atoms with van der Waals surface area (Å²) in [4.78, 5) is 16.7. The highest BCUT2D eigenvalue weighted by atomic mass is 16.1. The third kappa shape index (κ3) is 3.55. The van der Waals surface area contributed by atoms with Gasteiger partial charge in [-0.2, -0.15) is 0 Å². The van der Waals surface area contributed by atoms with E-state index in [2.05, 4.69) is 15.6 Å². The van der Waals surface area contributed by atoms with E-state index in [1.165, 1.54) is 0 Å². The van der Waals surface area contributed by atoms with Gasteiger partial charge in [0.25, 0.3) is 5.91 Å². The molecule has 2 N–H and O–H groups in total. The largest absolute Gasteiger partial charge is 0.355 e. The molecular formula is C19H17N3O. The van der Waals surface area contributed by atoms with Gasteiger partial charge in [0.1, 0.15) is 0 Å². The van der Waals surface area contributed by atoms with E-state index in [1.807, 2.05) is 61.5 Å². The summed E-state index contributed by atoms with van der Waals surface area (Å²) < 4.78 is 0. The van der Waals surface area contributed by atoms with E-state index in [-0.39, 0.29) is 5.91 Å². The number of pyridine rings is 1. The molecule has 4 heteroatoms. The van der Waals surface area contributed by atoms with Gasteiger partial charge in [-0.15, -0.1) is 0 Å². The Kier molecular flexibility index (Phi) is 4.34. The zero-order valence-corrected chi connectivity index (χ0v) is 12.8. The summed E-state index contributed by atoms with van der Waals surface area (Å²) >= 11 is 0. The summed E-state index contributed by atoms with van der Waals surface area (Å²) in [5.74, 6) is -0.167. The monoisotopic (exact) mass is 303 g/mol. The minimum absolute atomic E-state index is 0.167. The molecular weight excluding hydrogens is 286 g/mol. The standard InChI is InChI=1S/C19H17N3O/c1-14-11-12-20-13-18(14)22-19(23)16-9-5-6-10-17(16)21-15-7-3-2-4-8-15/h2-13,21H,1H3,(H,22,23). The van der Waals surface area contributed by atoms with Gasteiger partial charge in [0.2, 0.25) is 0 Å². The van der Waals surface area contributed by atoms with Crippen LogP contribution in [0.5, 0.6) is 0 Å². The van der Waals surface area contributed by atoms with Crippen LogP contribution in [0.25, 0.3) is 0 Å². The highest BCUT2D eigenvalue weighted by Crippen LogP contribution is 2.22. The average molecular weight is 303 g/mol. The molecule has 0 aliphatic carbocycles. The first-order chi connectivity index (χ1) is 11.2. The maximum Gasteiger partial charge on any atom is 0.257 e. The van der Waals surface area contributed by atoms with Gasteiger partial charge in [0.05, 0.1) is 23.1 Å². The predicted octanol–water partition coefficient (Wildman–Crippen LogP) is 4.39. The zero-order valence-electron chi connectivity index (χ0n) is 12.8. The Morgan fingerprint density at radius 3 is 2.43 bits per heavy atom. The number of nitrogens with zero attached hydrogens (tertiary/aromatic N) is 1. The lowest BCUT2D eigenvalue weighted by atomic mass is 10.1. The van der Waals surface area contributed by atoms with Crippen LogP contribution in [0.2, 0.25) is 0 Å². The molecule has 0 radical (unpaired) electrons. The van der Waals surface area contributed by atoms with Crippen molar-refractivity contribution in [2.75, 3.05) is 10.6 Å². The third-order valence-electron chi connectivity index (χ3n) is 3.51. The van der Waals surface area contributed by atoms with Gasteiger partial charge in [-0.3, -0.25) is 9.78 Å². The molecule has 0 saturated carbocycles. The second-order valence-corrected chi connectivity index (χ2v) is 5.18. The number of nitrogens with one attached hydrogen (secondary N) is 2. The van der Waals surface area contributed by atoms with Crippen molar-refractivity contribution < 1.29 is 4.79 Å². The van der Waals surface area contributed by atoms with E-state index in [1.54, 1.807) is 18.5 Å². The molecule has 114 valence electrons. The number of para-hydroxylation sites is 2. The summed E-state index contributed by atoms with van der Waals surface area (Å²) in [7, 11) is 0. The molecule has 1 aromatic heterocycles. The number of aryl methyl sites for hydroxylation is 1. The van der Waals surface area contributed by atoms with Crippen molar-refractivity contribution in [1.29, 1.82) is 0 Å². The fourth-order valence-corrected chi connectivity index (χ4v) is 2.25. The Morgan fingerprint density at radius 1 is 0.913 bits per heavy atom. The third-order valence-corrected chi connectivity index (χ3v) is 3.51. The van der Waals surface area contributed by atoms with Crippen molar-refractivity contribution in [3.63, 3.8) is 0 Å². The van der Waals surface area contributed by atoms with Crippen LogP contribution in [0.1, 0.15) is 15.9 Å². The first-order valence-electron chi connectivity index (χ1n) is 7.37. The van der Waals surface area contributed by atoms with E-state index in [4.69, 9.17) is 0 Å². The zero-order chi connectivity index (χ0) is 16.1. The lowest BCUT2D eigenvalue weighted by Crippen LogP contribution is -2.14. The summed E-state index contributed by atoms with van der Waals surface area (Å²) in [6.45, 7) is 1.94. The number of carbonyl (C=O) groups is 1. The van der Waals surface area contributed by atoms with Gasteiger partial charge < -0.3 is 10.6 Å². The molecule has 3 rings (SSSR count). The maximum absolute atomic E-state index is 12.6. The van der Waals surface area contributed by atoms with Gasteiger partial charge in [0.15, 0.2) is 0 Å². The highest BCUT2D eigenvalue weighted by Gasteiger charge is 2.12. The average Bonchev–Trinajstić information content (AvgIpc) is 2.58. The number of aromatic nitrogens is 1. The normalized spacial score (nSPS) is 10.1. The molecule has 0 spiro atoms. The summed E-state index contributed by atoms with van der Waals surface area (Å²) in [5, 5.41) is 6.19. The maximum atomic E-state index is 12.6. The van der Waals surface area contributed by atoms with Crippen LogP contribution < -0.4 is 10.6 Å². The molecule has 0 unspecified atom stereocenters. The topological polar surface area (TPSA) is 54.0 Å². The smallest absolute Gasteiger partial charge is 0.257 e. The molecule has 1 amide bonds. The van der Waals surface area contributed by atoms with E-state index in [0.717, 1.165) is 16.9 Å². The van der Waals surface area contributed by atoms with Gasteiger partial charge in [-0.1, -0.05) is 30.3 Å². The minimum Gasteiger partial charge on any atom is -0.355 e. The van der Waals surface area contributed by atoms with Gasteiger partial charge >= 0.3 is 0 Å². The van der Waals surface area contributed by atoms with Crippen molar-refractivity contribution in [2.45, 2.75) is 6.92 Å². The molecule has 23 heavy (non-hydrogen) atoms. The quantitative estimate of drug-likeness (QED) is 0.751. The van der Waals surface area contributed by atoms with Gasteiger partial charge in [-0.05, 0) is 42.8 Å².